The molecule has 2 aromatic carbocycles. The minimum Gasteiger partial charge on any atom is -0.493 e. The van der Waals surface area contributed by atoms with Crippen molar-refractivity contribution >= 4 is 40.5 Å². The van der Waals surface area contributed by atoms with Gasteiger partial charge >= 0.3 is 0 Å². The van der Waals surface area contributed by atoms with Gasteiger partial charge in [0, 0.05) is 11.1 Å². The molecule has 24 heavy (non-hydrogen) atoms. The van der Waals surface area contributed by atoms with Crippen molar-refractivity contribution in [2.45, 2.75) is 0 Å². The third kappa shape index (κ3) is 3.69. The summed E-state index contributed by atoms with van der Waals surface area (Å²) in [4.78, 5) is 23.0. The van der Waals surface area contributed by atoms with Crippen molar-refractivity contribution in [3.05, 3.63) is 56.1 Å². The maximum atomic E-state index is 12.5. The number of carbonyl (C=O) groups excluding carboxylic acids is 1. The van der Waals surface area contributed by atoms with Crippen LogP contribution in [-0.2, 0) is 0 Å². The quantitative estimate of drug-likeness (QED) is 0.629. The van der Waals surface area contributed by atoms with Gasteiger partial charge in [0.15, 0.2) is 11.5 Å². The zero-order valence-electron chi connectivity index (χ0n) is 12.6. The Kier molecular flexibility index (Phi) is 5.48. The Labute approximate surface area is 147 Å². The largest absolute Gasteiger partial charge is 0.493 e. The van der Waals surface area contributed by atoms with Crippen molar-refractivity contribution in [3.63, 3.8) is 0 Å². The van der Waals surface area contributed by atoms with Crippen LogP contribution in [0.5, 0.6) is 11.5 Å². The molecule has 0 saturated carbocycles. The molecule has 2 rings (SSSR count). The zero-order chi connectivity index (χ0) is 17.9. The van der Waals surface area contributed by atoms with Crippen molar-refractivity contribution in [2.24, 2.45) is 0 Å². The maximum absolute atomic E-state index is 12.5. The molecule has 0 saturated heterocycles. The van der Waals surface area contributed by atoms with E-state index in [0.29, 0.717) is 5.02 Å². The summed E-state index contributed by atoms with van der Waals surface area (Å²) in [5.41, 5.74) is -0.393. The van der Waals surface area contributed by atoms with Crippen LogP contribution in [0.15, 0.2) is 30.3 Å². The van der Waals surface area contributed by atoms with Crippen LogP contribution < -0.4 is 14.8 Å². The van der Waals surface area contributed by atoms with Gasteiger partial charge in [-0.15, -0.1) is 0 Å². The number of hydrogen-bond acceptors (Lipinski definition) is 5. The first-order valence-corrected chi connectivity index (χ1v) is 7.29. The van der Waals surface area contributed by atoms with Crippen LogP contribution in [-0.4, -0.2) is 25.1 Å². The average molecular weight is 371 g/mol. The molecule has 0 bridgehead atoms. The highest BCUT2D eigenvalue weighted by Gasteiger charge is 2.25. The first-order chi connectivity index (χ1) is 11.4. The highest BCUT2D eigenvalue weighted by molar-refractivity contribution is 6.36. The number of nitro groups is 1. The lowest BCUT2D eigenvalue weighted by atomic mass is 10.1. The zero-order valence-corrected chi connectivity index (χ0v) is 14.1. The van der Waals surface area contributed by atoms with E-state index < -0.39 is 16.5 Å². The molecule has 0 fully saturated rings. The van der Waals surface area contributed by atoms with E-state index in [9.17, 15) is 14.9 Å². The number of ether oxygens (including phenoxy) is 2. The van der Waals surface area contributed by atoms with Gasteiger partial charge in [-0.3, -0.25) is 14.9 Å². The molecule has 0 aliphatic rings. The molecule has 0 aliphatic carbocycles. The van der Waals surface area contributed by atoms with Crippen LogP contribution in [0.4, 0.5) is 11.4 Å². The van der Waals surface area contributed by atoms with E-state index in [-0.39, 0.29) is 27.8 Å². The van der Waals surface area contributed by atoms with Crippen LogP contribution in [0.3, 0.4) is 0 Å². The lowest BCUT2D eigenvalue weighted by Crippen LogP contribution is -2.14. The van der Waals surface area contributed by atoms with Gasteiger partial charge in [-0.05, 0) is 18.2 Å². The number of benzene rings is 2. The molecule has 7 nitrogen and oxygen atoms in total. The Balaban J connectivity index is 2.47. The molecule has 0 aromatic heterocycles. The number of nitro benzene ring substituents is 1. The van der Waals surface area contributed by atoms with E-state index in [1.54, 1.807) is 6.07 Å². The van der Waals surface area contributed by atoms with Crippen molar-refractivity contribution in [2.75, 3.05) is 19.5 Å². The van der Waals surface area contributed by atoms with E-state index in [4.69, 9.17) is 32.7 Å². The van der Waals surface area contributed by atoms with Crippen LogP contribution in [0, 0.1) is 10.1 Å². The van der Waals surface area contributed by atoms with Gasteiger partial charge in [-0.25, -0.2) is 0 Å². The minimum absolute atomic E-state index is 0.140. The van der Waals surface area contributed by atoms with Crippen LogP contribution in [0.25, 0.3) is 0 Å². The number of amides is 1. The molecule has 0 atom stereocenters. The van der Waals surface area contributed by atoms with Gasteiger partial charge in [0.25, 0.3) is 11.6 Å². The molecule has 9 heteroatoms. The monoisotopic (exact) mass is 370 g/mol. The maximum Gasteiger partial charge on any atom is 0.286 e. The van der Waals surface area contributed by atoms with Gasteiger partial charge in [0.2, 0.25) is 0 Å². The fraction of sp³-hybridized carbons (Fsp3) is 0.133. The summed E-state index contributed by atoms with van der Waals surface area (Å²) in [5, 5.41) is 14.3. The highest BCUT2D eigenvalue weighted by Crippen LogP contribution is 2.35. The fourth-order valence-electron chi connectivity index (χ4n) is 1.98. The molecular weight excluding hydrogens is 359 g/mol. The van der Waals surface area contributed by atoms with Gasteiger partial charge in [-0.2, -0.15) is 0 Å². The van der Waals surface area contributed by atoms with E-state index in [1.807, 2.05) is 0 Å². The second-order valence-electron chi connectivity index (χ2n) is 4.56. The molecule has 0 aliphatic heterocycles. The SMILES string of the molecule is COc1cc(C(=O)Nc2cc(Cl)ccc2Cl)c([N+](=O)[O-])cc1OC. The lowest BCUT2D eigenvalue weighted by molar-refractivity contribution is -0.385. The number of halogens is 2. The second-order valence-corrected chi connectivity index (χ2v) is 5.40. The molecule has 1 amide bonds. The third-order valence-corrected chi connectivity index (χ3v) is 3.68. The second kappa shape index (κ2) is 7.37. The Morgan fingerprint density at radius 2 is 1.75 bits per heavy atom. The van der Waals surface area contributed by atoms with E-state index >= 15 is 0 Å². The van der Waals surface area contributed by atoms with E-state index in [1.165, 1.54) is 32.4 Å². The summed E-state index contributed by atoms with van der Waals surface area (Å²) in [5.74, 6) is -0.404. The third-order valence-electron chi connectivity index (χ3n) is 3.12. The lowest BCUT2D eigenvalue weighted by Gasteiger charge is -2.11. The van der Waals surface area contributed by atoms with Crippen LogP contribution >= 0.6 is 23.2 Å². The smallest absolute Gasteiger partial charge is 0.286 e. The number of methoxy groups -OCH3 is 2. The average Bonchev–Trinajstić information content (AvgIpc) is 2.56. The summed E-state index contributed by atoms with van der Waals surface area (Å²) in [6, 6.07) is 6.84. The molecular formula is C15H12Cl2N2O5. The van der Waals surface area contributed by atoms with Gasteiger partial charge in [-0.1, -0.05) is 23.2 Å². The normalized spacial score (nSPS) is 10.2. The van der Waals surface area contributed by atoms with Crippen molar-refractivity contribution in [1.29, 1.82) is 0 Å². The fourth-order valence-corrected chi connectivity index (χ4v) is 2.32. The Morgan fingerprint density at radius 3 is 2.33 bits per heavy atom. The van der Waals surface area contributed by atoms with Crippen molar-refractivity contribution in [3.8, 4) is 11.5 Å². The first kappa shape index (κ1) is 17.8. The minimum atomic E-state index is -0.730. The molecule has 0 spiro atoms. The summed E-state index contributed by atoms with van der Waals surface area (Å²) in [6.07, 6.45) is 0. The summed E-state index contributed by atoms with van der Waals surface area (Å²) < 4.78 is 10.1. The molecule has 1 N–H and O–H groups in total. The Bertz CT molecular complexity index is 811. The molecule has 2 aromatic rings. The number of nitrogens with one attached hydrogen (secondary N) is 1. The van der Waals surface area contributed by atoms with Crippen LogP contribution in [0.2, 0.25) is 10.0 Å². The predicted molar refractivity (Wildman–Crippen MR) is 90.6 cm³/mol. The molecule has 0 unspecified atom stereocenters. The number of rotatable bonds is 5. The summed E-state index contributed by atoms with van der Waals surface area (Å²) >= 11 is 11.8. The molecule has 0 radical (unpaired) electrons. The Morgan fingerprint density at radius 1 is 1.12 bits per heavy atom. The topological polar surface area (TPSA) is 90.7 Å². The molecule has 126 valence electrons. The molecule has 0 heterocycles. The van der Waals surface area contributed by atoms with E-state index in [2.05, 4.69) is 5.32 Å². The number of hydrogen-bond donors (Lipinski definition) is 1. The van der Waals surface area contributed by atoms with Crippen LogP contribution in [0.1, 0.15) is 10.4 Å². The first-order valence-electron chi connectivity index (χ1n) is 6.54. The summed E-state index contributed by atoms with van der Waals surface area (Å²) in [6.45, 7) is 0. The predicted octanol–water partition coefficient (Wildman–Crippen LogP) is 4.17. The van der Waals surface area contributed by atoms with Crippen molar-refractivity contribution < 1.29 is 19.2 Å². The highest BCUT2D eigenvalue weighted by atomic mass is 35.5. The number of carbonyl (C=O) groups is 1. The standard InChI is InChI=1S/C15H12Cl2N2O5/c1-23-13-6-9(12(19(21)22)7-14(13)24-2)15(20)18-11-5-8(16)3-4-10(11)17/h3-7H,1-2H3,(H,18,20). The van der Waals surface area contributed by atoms with Gasteiger partial charge in [0.05, 0.1) is 35.9 Å². The number of nitrogens with zero attached hydrogens (tertiary/aromatic N) is 1. The number of anilines is 1. The summed E-state index contributed by atoms with van der Waals surface area (Å²) in [7, 11) is 2.70. The Hall–Kier alpha value is -2.51. The van der Waals surface area contributed by atoms with Gasteiger partial charge < -0.3 is 14.8 Å². The van der Waals surface area contributed by atoms with Gasteiger partial charge in [0.1, 0.15) is 5.56 Å². The van der Waals surface area contributed by atoms with E-state index in [0.717, 1.165) is 6.07 Å². The van der Waals surface area contributed by atoms with Crippen molar-refractivity contribution in [1.82, 2.24) is 0 Å².